The van der Waals surface area contributed by atoms with Crippen LogP contribution in [0, 0.1) is 0 Å². The zero-order valence-electron chi connectivity index (χ0n) is 11.0. The Morgan fingerprint density at radius 1 is 0.857 bits per heavy atom. The standard InChI is InChI=1S/C17H12BrNO2/c18-13-6-8-14(9-7-13)19-15-10-16(21-17(20)11-15)12-4-2-1-3-5-12/h1-11,19H. The van der Waals surface area contributed by atoms with E-state index in [-0.39, 0.29) is 5.63 Å². The summed E-state index contributed by atoms with van der Waals surface area (Å²) in [6.45, 7) is 0. The lowest BCUT2D eigenvalue weighted by Crippen LogP contribution is -2.01. The van der Waals surface area contributed by atoms with Crippen LogP contribution in [0.25, 0.3) is 11.3 Å². The van der Waals surface area contributed by atoms with Gasteiger partial charge in [0.1, 0.15) is 5.76 Å². The largest absolute Gasteiger partial charge is 0.423 e. The average molecular weight is 342 g/mol. The number of halogens is 1. The van der Waals surface area contributed by atoms with Crippen molar-refractivity contribution in [3.8, 4) is 11.3 Å². The van der Waals surface area contributed by atoms with Crippen LogP contribution in [-0.4, -0.2) is 0 Å². The van der Waals surface area contributed by atoms with Crippen LogP contribution in [0.2, 0.25) is 0 Å². The van der Waals surface area contributed by atoms with Gasteiger partial charge in [-0.25, -0.2) is 4.79 Å². The lowest BCUT2D eigenvalue weighted by Gasteiger charge is -2.07. The average Bonchev–Trinajstić information content (AvgIpc) is 2.50. The van der Waals surface area contributed by atoms with Gasteiger partial charge < -0.3 is 9.73 Å². The molecule has 3 aromatic rings. The van der Waals surface area contributed by atoms with Gasteiger partial charge in [0, 0.05) is 33.5 Å². The maximum atomic E-state index is 11.7. The zero-order valence-corrected chi connectivity index (χ0v) is 12.6. The van der Waals surface area contributed by atoms with E-state index in [0.29, 0.717) is 11.4 Å². The second-order valence-electron chi connectivity index (χ2n) is 4.53. The minimum absolute atomic E-state index is 0.379. The quantitative estimate of drug-likeness (QED) is 0.743. The summed E-state index contributed by atoms with van der Waals surface area (Å²) in [6.07, 6.45) is 0. The summed E-state index contributed by atoms with van der Waals surface area (Å²) in [6, 6.07) is 20.5. The van der Waals surface area contributed by atoms with E-state index in [1.165, 1.54) is 6.07 Å². The number of nitrogens with one attached hydrogen (secondary N) is 1. The van der Waals surface area contributed by atoms with E-state index in [9.17, 15) is 4.79 Å². The Hall–Kier alpha value is -2.33. The van der Waals surface area contributed by atoms with Crippen molar-refractivity contribution in [2.75, 3.05) is 5.32 Å². The first-order chi connectivity index (χ1) is 10.2. The Morgan fingerprint density at radius 2 is 1.57 bits per heavy atom. The van der Waals surface area contributed by atoms with Gasteiger partial charge in [-0.15, -0.1) is 0 Å². The molecule has 104 valence electrons. The smallest absolute Gasteiger partial charge is 0.338 e. The summed E-state index contributed by atoms with van der Waals surface area (Å²) in [5.74, 6) is 0.544. The molecule has 3 nitrogen and oxygen atoms in total. The summed E-state index contributed by atoms with van der Waals surface area (Å²) in [5, 5.41) is 3.20. The molecular weight excluding hydrogens is 330 g/mol. The van der Waals surface area contributed by atoms with Crippen molar-refractivity contribution in [2.45, 2.75) is 0 Å². The van der Waals surface area contributed by atoms with Crippen molar-refractivity contribution in [1.29, 1.82) is 0 Å². The number of anilines is 2. The van der Waals surface area contributed by atoms with Crippen molar-refractivity contribution in [1.82, 2.24) is 0 Å². The van der Waals surface area contributed by atoms with Crippen molar-refractivity contribution < 1.29 is 4.42 Å². The fourth-order valence-electron chi connectivity index (χ4n) is 1.99. The molecule has 0 saturated heterocycles. The first kappa shape index (κ1) is 13.6. The molecule has 0 atom stereocenters. The van der Waals surface area contributed by atoms with E-state index in [1.54, 1.807) is 0 Å². The summed E-state index contributed by atoms with van der Waals surface area (Å²) in [7, 11) is 0. The third-order valence-electron chi connectivity index (χ3n) is 2.96. The summed E-state index contributed by atoms with van der Waals surface area (Å²) in [5.41, 5.74) is 2.10. The fraction of sp³-hybridized carbons (Fsp3) is 0. The minimum atomic E-state index is -0.379. The van der Waals surface area contributed by atoms with Crippen molar-refractivity contribution in [3.63, 3.8) is 0 Å². The van der Waals surface area contributed by atoms with Gasteiger partial charge in [0.2, 0.25) is 0 Å². The van der Waals surface area contributed by atoms with Crippen LogP contribution in [-0.2, 0) is 0 Å². The van der Waals surface area contributed by atoms with Crippen LogP contribution >= 0.6 is 15.9 Å². The van der Waals surface area contributed by atoms with E-state index >= 15 is 0 Å². The predicted molar refractivity (Wildman–Crippen MR) is 87.8 cm³/mol. The van der Waals surface area contributed by atoms with Crippen LogP contribution < -0.4 is 10.9 Å². The summed E-state index contributed by atoms with van der Waals surface area (Å²) < 4.78 is 6.26. The molecule has 0 aliphatic rings. The molecule has 21 heavy (non-hydrogen) atoms. The Labute approximate surface area is 130 Å². The molecule has 1 aromatic heterocycles. The molecule has 3 rings (SSSR count). The molecule has 0 radical (unpaired) electrons. The molecule has 0 aliphatic heterocycles. The Balaban J connectivity index is 1.95. The van der Waals surface area contributed by atoms with Gasteiger partial charge >= 0.3 is 5.63 Å². The van der Waals surface area contributed by atoms with Crippen molar-refractivity contribution in [3.05, 3.63) is 81.6 Å². The minimum Gasteiger partial charge on any atom is -0.423 e. The summed E-state index contributed by atoms with van der Waals surface area (Å²) >= 11 is 3.39. The highest BCUT2D eigenvalue weighted by molar-refractivity contribution is 9.10. The van der Waals surface area contributed by atoms with Crippen molar-refractivity contribution >= 4 is 27.3 Å². The molecule has 1 N–H and O–H groups in total. The van der Waals surface area contributed by atoms with Gasteiger partial charge in [-0.1, -0.05) is 46.3 Å². The number of hydrogen-bond acceptors (Lipinski definition) is 3. The van der Waals surface area contributed by atoms with Gasteiger partial charge in [0.15, 0.2) is 0 Å². The molecule has 0 amide bonds. The van der Waals surface area contributed by atoms with Gasteiger partial charge in [-0.2, -0.15) is 0 Å². The SMILES string of the molecule is O=c1cc(Nc2ccc(Br)cc2)cc(-c2ccccc2)o1. The van der Waals surface area contributed by atoms with Crippen LogP contribution in [0.5, 0.6) is 0 Å². The van der Waals surface area contributed by atoms with Crippen LogP contribution in [0.3, 0.4) is 0 Å². The van der Waals surface area contributed by atoms with E-state index in [2.05, 4.69) is 21.2 Å². The van der Waals surface area contributed by atoms with Crippen LogP contribution in [0.1, 0.15) is 0 Å². The summed E-state index contributed by atoms with van der Waals surface area (Å²) in [4.78, 5) is 11.7. The molecule has 0 aliphatic carbocycles. The normalized spacial score (nSPS) is 10.3. The zero-order chi connectivity index (χ0) is 14.7. The molecule has 2 aromatic carbocycles. The third kappa shape index (κ3) is 3.41. The highest BCUT2D eigenvalue weighted by Crippen LogP contribution is 2.23. The van der Waals surface area contributed by atoms with Gasteiger partial charge in [0.25, 0.3) is 0 Å². The second kappa shape index (κ2) is 5.97. The molecule has 4 heteroatoms. The number of benzene rings is 2. The molecule has 1 heterocycles. The second-order valence-corrected chi connectivity index (χ2v) is 5.44. The van der Waals surface area contributed by atoms with Crippen LogP contribution in [0.4, 0.5) is 11.4 Å². The topological polar surface area (TPSA) is 42.2 Å². The highest BCUT2D eigenvalue weighted by Gasteiger charge is 2.04. The fourth-order valence-corrected chi connectivity index (χ4v) is 2.26. The predicted octanol–water partition coefficient (Wildman–Crippen LogP) is 4.81. The molecule has 0 bridgehead atoms. The Kier molecular flexibility index (Phi) is 3.88. The van der Waals surface area contributed by atoms with Gasteiger partial charge in [-0.05, 0) is 24.3 Å². The van der Waals surface area contributed by atoms with E-state index < -0.39 is 0 Å². The Morgan fingerprint density at radius 3 is 2.29 bits per heavy atom. The molecule has 0 saturated carbocycles. The molecule has 0 unspecified atom stereocenters. The first-order valence-electron chi connectivity index (χ1n) is 6.44. The van der Waals surface area contributed by atoms with E-state index in [0.717, 1.165) is 15.7 Å². The Bertz CT molecular complexity index is 795. The van der Waals surface area contributed by atoms with Crippen LogP contribution in [0.15, 0.2) is 80.4 Å². The van der Waals surface area contributed by atoms with Gasteiger partial charge in [-0.3, -0.25) is 0 Å². The van der Waals surface area contributed by atoms with E-state index in [1.807, 2.05) is 60.7 Å². The molecule has 0 spiro atoms. The maximum absolute atomic E-state index is 11.7. The lowest BCUT2D eigenvalue weighted by molar-refractivity contribution is 0.527. The van der Waals surface area contributed by atoms with E-state index in [4.69, 9.17) is 4.42 Å². The monoisotopic (exact) mass is 341 g/mol. The number of hydrogen-bond donors (Lipinski definition) is 1. The van der Waals surface area contributed by atoms with Crippen molar-refractivity contribution in [2.24, 2.45) is 0 Å². The molecule has 0 fully saturated rings. The first-order valence-corrected chi connectivity index (χ1v) is 7.23. The lowest BCUT2D eigenvalue weighted by atomic mass is 10.1. The highest BCUT2D eigenvalue weighted by atomic mass is 79.9. The number of rotatable bonds is 3. The maximum Gasteiger partial charge on any atom is 0.338 e. The van der Waals surface area contributed by atoms with Gasteiger partial charge in [0.05, 0.1) is 0 Å². The molecular formula is C17H12BrNO2. The third-order valence-corrected chi connectivity index (χ3v) is 3.49.